The highest BCUT2D eigenvalue weighted by molar-refractivity contribution is 7.75. The third-order valence-electron chi connectivity index (χ3n) is 5.52. The summed E-state index contributed by atoms with van der Waals surface area (Å²) in [4.78, 5) is 28.7. The number of hydroxylamine groups is 2. The molecule has 2 aliphatic heterocycles. The molecule has 0 radical (unpaired) electrons. The molecule has 0 aromatic heterocycles. The maximum atomic E-state index is 12.6. The molecular weight excluding hydrogens is 316 g/mol. The van der Waals surface area contributed by atoms with Gasteiger partial charge in [0.1, 0.15) is 6.04 Å². The van der Waals surface area contributed by atoms with E-state index in [0.29, 0.717) is 18.3 Å². The van der Waals surface area contributed by atoms with Gasteiger partial charge in [-0.25, -0.2) is 9.08 Å². The Morgan fingerprint density at radius 1 is 1.30 bits per heavy atom. The van der Waals surface area contributed by atoms with Gasteiger partial charge in [0.2, 0.25) is 5.91 Å². The summed E-state index contributed by atoms with van der Waals surface area (Å²) in [5, 5.41) is 4.34. The third-order valence-corrected chi connectivity index (χ3v) is 5.70. The fourth-order valence-electron chi connectivity index (χ4n) is 4.35. The molecule has 0 aromatic rings. The molecule has 2 atom stereocenters. The number of nitrogens with one attached hydrogen (secondary N) is 1. The number of thiol groups is 1. The first-order chi connectivity index (χ1) is 10.8. The summed E-state index contributed by atoms with van der Waals surface area (Å²) in [5.74, 6) is -0.0541. The zero-order valence-corrected chi connectivity index (χ0v) is 14.9. The second kappa shape index (κ2) is 6.14. The number of amides is 3. The van der Waals surface area contributed by atoms with Gasteiger partial charge in [0.05, 0.1) is 6.04 Å². The largest absolute Gasteiger partial charge is 0.352 e. The molecule has 2 saturated heterocycles. The SMILES string of the molecule is C[C@H]1CCC(C(=O)NC2CC3(C2)CN(C)C3)N(C)C(=O)N1OS. The van der Waals surface area contributed by atoms with Crippen molar-refractivity contribution in [1.82, 2.24) is 20.2 Å². The van der Waals surface area contributed by atoms with Gasteiger partial charge in [-0.15, -0.1) is 0 Å². The number of nitrogens with zero attached hydrogens (tertiary/aromatic N) is 3. The average Bonchev–Trinajstić information content (AvgIpc) is 2.53. The Morgan fingerprint density at radius 2 is 1.96 bits per heavy atom. The van der Waals surface area contributed by atoms with Gasteiger partial charge in [-0.3, -0.25) is 4.79 Å². The monoisotopic (exact) mass is 342 g/mol. The predicted molar refractivity (Wildman–Crippen MR) is 88.6 cm³/mol. The fourth-order valence-corrected chi connectivity index (χ4v) is 4.58. The van der Waals surface area contributed by atoms with Gasteiger partial charge in [-0.2, -0.15) is 5.06 Å². The van der Waals surface area contributed by atoms with Crippen molar-refractivity contribution in [2.24, 2.45) is 5.41 Å². The lowest BCUT2D eigenvalue weighted by Gasteiger charge is -2.58. The molecule has 0 bridgehead atoms. The first-order valence-corrected chi connectivity index (χ1v) is 8.58. The molecule has 1 spiro atoms. The van der Waals surface area contributed by atoms with Crippen LogP contribution in [0.1, 0.15) is 32.6 Å². The van der Waals surface area contributed by atoms with E-state index >= 15 is 0 Å². The summed E-state index contributed by atoms with van der Waals surface area (Å²) in [6.45, 7) is 4.16. The van der Waals surface area contributed by atoms with Gasteiger partial charge in [-0.1, -0.05) is 0 Å². The van der Waals surface area contributed by atoms with Crippen molar-refractivity contribution in [1.29, 1.82) is 0 Å². The standard InChI is InChI=1S/C15H26N4O3S/c1-10-4-5-12(18(3)14(21)19(10)22-23)13(20)16-11-6-15(7-11)8-17(2)9-15/h10-12,23H,4-9H2,1-3H3,(H,16,20)/t10-,12?/m0/s1. The second-order valence-corrected chi connectivity index (χ2v) is 7.69. The predicted octanol–water partition coefficient (Wildman–Crippen LogP) is 0.878. The summed E-state index contributed by atoms with van der Waals surface area (Å²) in [7, 11) is 3.77. The van der Waals surface area contributed by atoms with E-state index in [2.05, 4.69) is 30.2 Å². The number of likely N-dealkylation sites (tertiary alicyclic amines) is 1. The van der Waals surface area contributed by atoms with Crippen molar-refractivity contribution in [2.45, 2.75) is 50.7 Å². The molecule has 23 heavy (non-hydrogen) atoms. The van der Waals surface area contributed by atoms with Crippen molar-refractivity contribution in [2.75, 3.05) is 27.2 Å². The van der Waals surface area contributed by atoms with Crippen LogP contribution >= 0.6 is 12.9 Å². The lowest BCUT2D eigenvalue weighted by atomic mass is 9.61. The minimum atomic E-state index is -0.445. The van der Waals surface area contributed by atoms with Crippen LogP contribution in [0.15, 0.2) is 0 Å². The van der Waals surface area contributed by atoms with Crippen LogP contribution in [0.2, 0.25) is 0 Å². The number of hydrogen-bond acceptors (Lipinski definition) is 5. The number of carbonyl (C=O) groups is 2. The van der Waals surface area contributed by atoms with Crippen LogP contribution in [-0.4, -0.2) is 72.1 Å². The van der Waals surface area contributed by atoms with E-state index in [4.69, 9.17) is 4.28 Å². The summed E-state index contributed by atoms with van der Waals surface area (Å²) < 4.78 is 4.87. The van der Waals surface area contributed by atoms with Crippen LogP contribution in [0, 0.1) is 5.41 Å². The minimum absolute atomic E-state index is 0.0541. The fraction of sp³-hybridized carbons (Fsp3) is 0.867. The summed E-state index contributed by atoms with van der Waals surface area (Å²) in [5.41, 5.74) is 0.434. The Balaban J connectivity index is 1.56. The van der Waals surface area contributed by atoms with Crippen molar-refractivity contribution in [3.05, 3.63) is 0 Å². The van der Waals surface area contributed by atoms with Crippen LogP contribution < -0.4 is 5.32 Å². The molecule has 3 rings (SSSR count). The Bertz CT molecular complexity index is 489. The Morgan fingerprint density at radius 3 is 2.52 bits per heavy atom. The molecule has 1 saturated carbocycles. The van der Waals surface area contributed by atoms with Crippen molar-refractivity contribution in [3.63, 3.8) is 0 Å². The Labute approximate surface area is 142 Å². The van der Waals surface area contributed by atoms with Crippen LogP contribution in [-0.2, 0) is 9.08 Å². The molecule has 1 aliphatic carbocycles. The van der Waals surface area contributed by atoms with Crippen molar-refractivity contribution >= 4 is 24.8 Å². The summed E-state index contributed by atoms with van der Waals surface area (Å²) in [6, 6.07) is -0.620. The zero-order valence-electron chi connectivity index (χ0n) is 14.0. The van der Waals surface area contributed by atoms with Crippen molar-refractivity contribution in [3.8, 4) is 0 Å². The zero-order chi connectivity index (χ0) is 16.8. The first-order valence-electron chi connectivity index (χ1n) is 8.22. The van der Waals surface area contributed by atoms with Crippen LogP contribution in [0.5, 0.6) is 0 Å². The maximum Gasteiger partial charge on any atom is 0.345 e. The van der Waals surface area contributed by atoms with Gasteiger partial charge in [0.15, 0.2) is 0 Å². The molecule has 3 amide bonds. The van der Waals surface area contributed by atoms with Crippen LogP contribution in [0.25, 0.3) is 0 Å². The van der Waals surface area contributed by atoms with Gasteiger partial charge in [0.25, 0.3) is 0 Å². The topological polar surface area (TPSA) is 65.1 Å². The number of hydrogen-bond donors (Lipinski definition) is 2. The molecular formula is C15H26N4O3S. The molecule has 8 heteroatoms. The highest BCUT2D eigenvalue weighted by Crippen LogP contribution is 2.47. The van der Waals surface area contributed by atoms with E-state index < -0.39 is 6.04 Å². The first kappa shape index (κ1) is 16.9. The summed E-state index contributed by atoms with van der Waals surface area (Å²) >= 11 is 3.75. The van der Waals surface area contributed by atoms with E-state index in [0.717, 1.165) is 25.9 Å². The quantitative estimate of drug-likeness (QED) is 0.590. The molecule has 1 unspecified atom stereocenters. The van der Waals surface area contributed by atoms with Gasteiger partial charge in [-0.05, 0) is 45.1 Å². The number of rotatable bonds is 3. The van der Waals surface area contributed by atoms with Crippen LogP contribution in [0.3, 0.4) is 0 Å². The number of likely N-dealkylation sites (N-methyl/N-ethyl adjacent to an activating group) is 1. The van der Waals surface area contributed by atoms with Crippen molar-refractivity contribution < 1.29 is 13.9 Å². The second-order valence-electron chi connectivity index (χ2n) is 7.53. The van der Waals surface area contributed by atoms with E-state index in [1.165, 1.54) is 9.96 Å². The normalized spacial score (nSPS) is 31.6. The Hall–Kier alpha value is -0.990. The smallest absolute Gasteiger partial charge is 0.345 e. The van der Waals surface area contributed by atoms with E-state index in [1.807, 2.05) is 6.92 Å². The lowest BCUT2D eigenvalue weighted by molar-refractivity contribution is -0.130. The van der Waals surface area contributed by atoms with Gasteiger partial charge >= 0.3 is 6.03 Å². The maximum absolute atomic E-state index is 12.6. The number of urea groups is 1. The molecule has 3 fully saturated rings. The highest BCUT2D eigenvalue weighted by atomic mass is 32.1. The van der Waals surface area contributed by atoms with E-state index in [-0.39, 0.29) is 24.0 Å². The molecule has 3 aliphatic rings. The summed E-state index contributed by atoms with van der Waals surface area (Å²) in [6.07, 6.45) is 3.43. The van der Waals surface area contributed by atoms with E-state index in [1.54, 1.807) is 7.05 Å². The molecule has 1 N–H and O–H groups in total. The molecule has 0 aromatic carbocycles. The molecule has 2 heterocycles. The van der Waals surface area contributed by atoms with E-state index in [9.17, 15) is 9.59 Å². The third kappa shape index (κ3) is 3.04. The van der Waals surface area contributed by atoms with Gasteiger partial charge in [0, 0.05) is 39.1 Å². The van der Waals surface area contributed by atoms with Crippen LogP contribution in [0.4, 0.5) is 4.79 Å². The average molecular weight is 342 g/mol. The minimum Gasteiger partial charge on any atom is -0.352 e. The molecule has 130 valence electrons. The molecule has 7 nitrogen and oxygen atoms in total. The van der Waals surface area contributed by atoms with Gasteiger partial charge < -0.3 is 15.1 Å². The highest BCUT2D eigenvalue weighted by Gasteiger charge is 2.51. The lowest BCUT2D eigenvalue weighted by Crippen LogP contribution is -2.66. The Kier molecular flexibility index (Phi) is 4.50. The number of carbonyl (C=O) groups excluding carboxylic acids is 2.